The number of halogens is 1. The first-order valence-corrected chi connectivity index (χ1v) is 6.36. The number of H-pyrrole nitrogens is 1. The number of thioether (sulfide) groups is 1. The minimum Gasteiger partial charge on any atom is -0.284 e. The highest BCUT2D eigenvalue weighted by molar-refractivity contribution is 7.98. The molecule has 0 saturated heterocycles. The lowest BCUT2D eigenvalue weighted by molar-refractivity contribution is 1.12. The lowest BCUT2D eigenvalue weighted by Gasteiger charge is -2.02. The van der Waals surface area contributed by atoms with E-state index in [1.807, 2.05) is 18.3 Å². The van der Waals surface area contributed by atoms with Crippen LogP contribution in [0.15, 0.2) is 29.3 Å². The number of nitrogens with one attached hydrogen (secondary N) is 1. The molecule has 3 nitrogen and oxygen atoms in total. The van der Waals surface area contributed by atoms with Gasteiger partial charge in [-0.3, -0.25) is 5.10 Å². The Kier molecular flexibility index (Phi) is 2.26. The highest BCUT2D eigenvalue weighted by Gasteiger charge is 2.09. The fraction of sp³-hybridized carbons (Fsp3) is 0.0909. The summed E-state index contributed by atoms with van der Waals surface area (Å²) in [4.78, 5) is 5.53. The Morgan fingerprint density at radius 1 is 1.31 bits per heavy atom. The Morgan fingerprint density at radius 3 is 3.00 bits per heavy atom. The topological polar surface area (TPSA) is 41.6 Å². The third kappa shape index (κ3) is 1.37. The summed E-state index contributed by atoms with van der Waals surface area (Å²) in [6, 6.07) is 6.14. The molecule has 1 aromatic carbocycles. The summed E-state index contributed by atoms with van der Waals surface area (Å²) in [6.45, 7) is 0. The van der Waals surface area contributed by atoms with E-state index in [0.717, 1.165) is 21.8 Å². The first-order valence-electron chi connectivity index (χ1n) is 4.76. The second-order valence-corrected chi connectivity index (χ2v) is 4.67. The van der Waals surface area contributed by atoms with Crippen molar-refractivity contribution in [2.24, 2.45) is 0 Å². The number of fused-ring (bicyclic) bond motifs is 3. The number of pyridine rings is 1. The molecular formula is C11H8ClN3S. The van der Waals surface area contributed by atoms with Crippen molar-refractivity contribution in [1.29, 1.82) is 0 Å². The van der Waals surface area contributed by atoms with Gasteiger partial charge in [0.2, 0.25) is 0 Å². The van der Waals surface area contributed by atoms with E-state index in [-0.39, 0.29) is 0 Å². The molecule has 0 aliphatic carbocycles. The van der Waals surface area contributed by atoms with E-state index in [4.69, 9.17) is 11.6 Å². The van der Waals surface area contributed by atoms with Crippen LogP contribution in [0.3, 0.4) is 0 Å². The average molecular weight is 250 g/mol. The Labute approximate surface area is 101 Å². The molecule has 80 valence electrons. The van der Waals surface area contributed by atoms with Crippen molar-refractivity contribution in [3.63, 3.8) is 0 Å². The normalized spacial score (nSPS) is 11.4. The lowest BCUT2D eigenvalue weighted by atomic mass is 10.1. The summed E-state index contributed by atoms with van der Waals surface area (Å²) in [5, 5.41) is 9.47. The molecule has 3 aromatic rings. The average Bonchev–Trinajstić information content (AvgIpc) is 2.78. The molecule has 0 radical (unpaired) electrons. The number of rotatable bonds is 1. The number of aromatic nitrogens is 3. The van der Waals surface area contributed by atoms with Gasteiger partial charge < -0.3 is 0 Å². The molecule has 2 heterocycles. The summed E-state index contributed by atoms with van der Waals surface area (Å²) in [5.74, 6) is 0. The van der Waals surface area contributed by atoms with Gasteiger partial charge in [0.15, 0.2) is 5.15 Å². The number of hydrogen-bond acceptors (Lipinski definition) is 3. The van der Waals surface area contributed by atoms with Crippen LogP contribution in [-0.4, -0.2) is 21.4 Å². The zero-order valence-electron chi connectivity index (χ0n) is 8.49. The van der Waals surface area contributed by atoms with E-state index in [0.29, 0.717) is 5.15 Å². The van der Waals surface area contributed by atoms with Crippen LogP contribution in [-0.2, 0) is 0 Å². The highest BCUT2D eigenvalue weighted by atomic mass is 35.5. The summed E-state index contributed by atoms with van der Waals surface area (Å²) in [6.07, 6.45) is 3.91. The molecule has 0 amide bonds. The van der Waals surface area contributed by atoms with Gasteiger partial charge >= 0.3 is 0 Å². The van der Waals surface area contributed by atoms with Crippen LogP contribution in [0, 0.1) is 0 Å². The second-order valence-electron chi connectivity index (χ2n) is 3.43. The molecule has 0 unspecified atom stereocenters. The van der Waals surface area contributed by atoms with Crippen LogP contribution in [0.5, 0.6) is 0 Å². The Balaban J connectivity index is 2.50. The van der Waals surface area contributed by atoms with Crippen molar-refractivity contribution in [1.82, 2.24) is 15.2 Å². The zero-order chi connectivity index (χ0) is 11.1. The molecule has 0 aliphatic rings. The SMILES string of the molecule is CSc1ccc2nc(Cl)c3n[nH]cc3c2c1. The van der Waals surface area contributed by atoms with Crippen molar-refractivity contribution in [3.8, 4) is 0 Å². The van der Waals surface area contributed by atoms with Crippen LogP contribution < -0.4 is 0 Å². The van der Waals surface area contributed by atoms with Crippen LogP contribution in [0.4, 0.5) is 0 Å². The summed E-state index contributed by atoms with van der Waals surface area (Å²) < 4.78 is 0. The van der Waals surface area contributed by atoms with Crippen molar-refractivity contribution < 1.29 is 0 Å². The molecule has 0 spiro atoms. The largest absolute Gasteiger partial charge is 0.284 e. The van der Waals surface area contributed by atoms with E-state index in [1.165, 1.54) is 4.90 Å². The maximum atomic E-state index is 6.05. The monoisotopic (exact) mass is 249 g/mol. The molecule has 3 rings (SSSR count). The highest BCUT2D eigenvalue weighted by Crippen LogP contribution is 2.29. The van der Waals surface area contributed by atoms with Crippen molar-refractivity contribution >= 4 is 45.2 Å². The van der Waals surface area contributed by atoms with Gasteiger partial charge in [-0.1, -0.05) is 11.6 Å². The van der Waals surface area contributed by atoms with Gasteiger partial charge in [-0.05, 0) is 24.5 Å². The summed E-state index contributed by atoms with van der Waals surface area (Å²) in [5.41, 5.74) is 1.63. The lowest BCUT2D eigenvalue weighted by Crippen LogP contribution is -1.83. The molecule has 0 bridgehead atoms. The van der Waals surface area contributed by atoms with Gasteiger partial charge in [-0.15, -0.1) is 11.8 Å². The number of nitrogens with zero attached hydrogens (tertiary/aromatic N) is 2. The smallest absolute Gasteiger partial charge is 0.157 e. The van der Waals surface area contributed by atoms with Gasteiger partial charge in [0.1, 0.15) is 5.52 Å². The number of benzene rings is 1. The van der Waals surface area contributed by atoms with Crippen molar-refractivity contribution in [2.75, 3.05) is 6.26 Å². The fourth-order valence-electron chi connectivity index (χ4n) is 1.77. The van der Waals surface area contributed by atoms with E-state index in [9.17, 15) is 0 Å². The summed E-state index contributed by atoms with van der Waals surface area (Å²) in [7, 11) is 0. The minimum absolute atomic E-state index is 0.445. The number of hydrogen-bond donors (Lipinski definition) is 1. The van der Waals surface area contributed by atoms with Gasteiger partial charge in [0, 0.05) is 21.9 Å². The summed E-state index contributed by atoms with van der Waals surface area (Å²) >= 11 is 7.76. The van der Waals surface area contributed by atoms with E-state index in [1.54, 1.807) is 11.8 Å². The van der Waals surface area contributed by atoms with Crippen molar-refractivity contribution in [2.45, 2.75) is 4.90 Å². The molecule has 0 saturated carbocycles. The molecule has 5 heteroatoms. The maximum Gasteiger partial charge on any atom is 0.157 e. The second kappa shape index (κ2) is 3.64. The van der Waals surface area contributed by atoms with Crippen LogP contribution in [0.2, 0.25) is 5.15 Å². The van der Waals surface area contributed by atoms with E-state index in [2.05, 4.69) is 27.5 Å². The Morgan fingerprint density at radius 2 is 2.19 bits per heavy atom. The molecule has 0 aliphatic heterocycles. The minimum atomic E-state index is 0.445. The van der Waals surface area contributed by atoms with E-state index < -0.39 is 0 Å². The first-order chi connectivity index (χ1) is 7.79. The first kappa shape index (κ1) is 9.93. The molecule has 1 N–H and O–H groups in total. The molecule has 0 atom stereocenters. The van der Waals surface area contributed by atoms with Gasteiger partial charge in [0.05, 0.1) is 5.52 Å². The standard InChI is InChI=1S/C11H8ClN3S/c1-16-6-2-3-9-7(4-6)8-5-13-15-10(8)11(12)14-9/h2-5H,1H3,(H,13,15). The molecule has 0 fully saturated rings. The molecule has 16 heavy (non-hydrogen) atoms. The fourth-order valence-corrected chi connectivity index (χ4v) is 2.44. The van der Waals surface area contributed by atoms with E-state index >= 15 is 0 Å². The van der Waals surface area contributed by atoms with Crippen LogP contribution in [0.1, 0.15) is 0 Å². The predicted octanol–water partition coefficient (Wildman–Crippen LogP) is 3.49. The maximum absolute atomic E-state index is 6.05. The van der Waals surface area contributed by atoms with Crippen molar-refractivity contribution in [3.05, 3.63) is 29.5 Å². The third-order valence-electron chi connectivity index (χ3n) is 2.55. The quantitative estimate of drug-likeness (QED) is 0.530. The molecular weight excluding hydrogens is 242 g/mol. The van der Waals surface area contributed by atoms with Gasteiger partial charge in [0.25, 0.3) is 0 Å². The predicted molar refractivity (Wildman–Crippen MR) is 68.2 cm³/mol. The Hall–Kier alpha value is -1.26. The van der Waals surface area contributed by atoms with Gasteiger partial charge in [-0.25, -0.2) is 4.98 Å². The molecule has 2 aromatic heterocycles. The van der Waals surface area contributed by atoms with Crippen LogP contribution in [0.25, 0.3) is 21.8 Å². The van der Waals surface area contributed by atoms with Gasteiger partial charge in [-0.2, -0.15) is 5.10 Å². The Bertz CT molecular complexity index is 677. The third-order valence-corrected chi connectivity index (χ3v) is 3.54. The zero-order valence-corrected chi connectivity index (χ0v) is 10.1. The number of aromatic amines is 1. The van der Waals surface area contributed by atoms with Crippen LogP contribution >= 0.6 is 23.4 Å².